The fraction of sp³-hybridized carbons (Fsp3) is 0.235. The Morgan fingerprint density at radius 1 is 1.05 bits per heavy atom. The number of amides is 1. The van der Waals surface area contributed by atoms with E-state index < -0.39 is 0 Å². The van der Waals surface area contributed by atoms with Crippen LogP contribution in [0.1, 0.15) is 23.5 Å². The van der Waals surface area contributed by atoms with E-state index in [1.807, 2.05) is 18.2 Å². The van der Waals surface area contributed by atoms with Crippen LogP contribution in [0.4, 0.5) is 4.39 Å². The second-order valence-electron chi connectivity index (χ2n) is 5.23. The molecule has 2 aromatic carbocycles. The van der Waals surface area contributed by atoms with Gasteiger partial charge in [-0.1, -0.05) is 42.5 Å². The molecular weight excluding hydrogens is 253 g/mol. The number of carbonyl (C=O) groups excluding carboxylic acids is 1. The van der Waals surface area contributed by atoms with Gasteiger partial charge in [0, 0.05) is 18.4 Å². The van der Waals surface area contributed by atoms with E-state index in [1.54, 1.807) is 12.1 Å². The van der Waals surface area contributed by atoms with E-state index in [2.05, 4.69) is 17.4 Å². The number of nitrogens with one attached hydrogen (secondary N) is 1. The van der Waals surface area contributed by atoms with Gasteiger partial charge in [-0.3, -0.25) is 4.79 Å². The second-order valence-corrected chi connectivity index (χ2v) is 5.23. The van der Waals surface area contributed by atoms with Crippen molar-refractivity contribution >= 4 is 5.91 Å². The molecule has 2 unspecified atom stereocenters. The summed E-state index contributed by atoms with van der Waals surface area (Å²) >= 11 is 0. The third-order valence-corrected chi connectivity index (χ3v) is 3.83. The van der Waals surface area contributed by atoms with Crippen molar-refractivity contribution in [3.8, 4) is 0 Å². The van der Waals surface area contributed by atoms with Crippen molar-refractivity contribution in [1.29, 1.82) is 0 Å². The van der Waals surface area contributed by atoms with Crippen LogP contribution in [0.3, 0.4) is 0 Å². The van der Waals surface area contributed by atoms with Crippen molar-refractivity contribution in [2.75, 3.05) is 0 Å². The van der Waals surface area contributed by atoms with Crippen LogP contribution in [0.25, 0.3) is 0 Å². The molecular formula is C17H16FNO. The molecule has 1 aliphatic rings. The van der Waals surface area contributed by atoms with Gasteiger partial charge in [-0.05, 0) is 29.7 Å². The minimum atomic E-state index is -0.245. The van der Waals surface area contributed by atoms with Gasteiger partial charge in [0.25, 0.3) is 0 Å². The van der Waals surface area contributed by atoms with Gasteiger partial charge in [0.2, 0.25) is 5.91 Å². The first-order valence-electron chi connectivity index (χ1n) is 6.81. The van der Waals surface area contributed by atoms with Crippen LogP contribution in [0.15, 0.2) is 54.6 Å². The zero-order chi connectivity index (χ0) is 13.9. The van der Waals surface area contributed by atoms with Crippen LogP contribution in [0, 0.1) is 5.82 Å². The van der Waals surface area contributed by atoms with Crippen LogP contribution >= 0.6 is 0 Å². The quantitative estimate of drug-likeness (QED) is 0.911. The maximum atomic E-state index is 13.0. The molecule has 3 rings (SSSR count). The molecule has 1 saturated heterocycles. The molecule has 1 N–H and O–H groups in total. The summed E-state index contributed by atoms with van der Waals surface area (Å²) in [6, 6.07) is 16.6. The lowest BCUT2D eigenvalue weighted by Gasteiger charge is -2.19. The Hall–Kier alpha value is -2.16. The van der Waals surface area contributed by atoms with E-state index in [0.29, 0.717) is 6.42 Å². The molecule has 102 valence electrons. The molecule has 0 radical (unpaired) electrons. The van der Waals surface area contributed by atoms with Crippen molar-refractivity contribution < 1.29 is 9.18 Å². The van der Waals surface area contributed by atoms with Crippen LogP contribution in [-0.2, 0) is 11.2 Å². The molecule has 20 heavy (non-hydrogen) atoms. The maximum Gasteiger partial charge on any atom is 0.220 e. The Bertz CT molecular complexity index is 594. The molecule has 0 aromatic heterocycles. The maximum absolute atomic E-state index is 13.0. The van der Waals surface area contributed by atoms with Crippen molar-refractivity contribution in [3.63, 3.8) is 0 Å². The van der Waals surface area contributed by atoms with Gasteiger partial charge in [0.1, 0.15) is 5.82 Å². The van der Waals surface area contributed by atoms with Gasteiger partial charge in [0.15, 0.2) is 0 Å². The summed E-state index contributed by atoms with van der Waals surface area (Å²) in [4.78, 5) is 11.7. The van der Waals surface area contributed by atoms with Crippen molar-refractivity contribution in [1.82, 2.24) is 5.32 Å². The highest BCUT2D eigenvalue weighted by Gasteiger charge is 2.33. The molecule has 1 heterocycles. The molecule has 2 nitrogen and oxygen atoms in total. The predicted molar refractivity (Wildman–Crippen MR) is 75.8 cm³/mol. The standard InChI is InChI=1S/C17H16FNO/c18-14-8-6-13(7-9-14)15-11-17(20)19-16(15)10-12-4-2-1-3-5-12/h1-9,15-16H,10-11H2,(H,19,20). The first-order valence-corrected chi connectivity index (χ1v) is 6.81. The average molecular weight is 269 g/mol. The molecule has 0 spiro atoms. The van der Waals surface area contributed by atoms with Crippen LogP contribution in [-0.4, -0.2) is 11.9 Å². The normalized spacial score (nSPS) is 21.8. The topological polar surface area (TPSA) is 29.1 Å². The predicted octanol–water partition coefficient (Wildman–Crippen LogP) is 3.04. The molecule has 1 aliphatic heterocycles. The Labute approximate surface area is 117 Å². The highest BCUT2D eigenvalue weighted by atomic mass is 19.1. The molecule has 0 saturated carbocycles. The minimum absolute atomic E-state index is 0.0697. The van der Waals surface area contributed by atoms with Gasteiger partial charge < -0.3 is 5.32 Å². The van der Waals surface area contributed by atoms with E-state index in [4.69, 9.17) is 0 Å². The Balaban J connectivity index is 1.81. The highest BCUT2D eigenvalue weighted by Crippen LogP contribution is 2.30. The molecule has 0 aliphatic carbocycles. The number of hydrogen-bond acceptors (Lipinski definition) is 1. The van der Waals surface area contributed by atoms with E-state index in [1.165, 1.54) is 17.7 Å². The third kappa shape index (κ3) is 2.72. The summed E-state index contributed by atoms with van der Waals surface area (Å²) in [7, 11) is 0. The zero-order valence-electron chi connectivity index (χ0n) is 11.1. The van der Waals surface area contributed by atoms with Crippen molar-refractivity contribution in [3.05, 3.63) is 71.5 Å². The lowest BCUT2D eigenvalue weighted by molar-refractivity contribution is -0.119. The summed E-state index contributed by atoms with van der Waals surface area (Å²) < 4.78 is 13.0. The summed E-state index contributed by atoms with van der Waals surface area (Å²) in [6.07, 6.45) is 1.28. The van der Waals surface area contributed by atoms with E-state index >= 15 is 0 Å². The lowest BCUT2D eigenvalue weighted by Crippen LogP contribution is -2.30. The molecule has 2 atom stereocenters. The van der Waals surface area contributed by atoms with Gasteiger partial charge in [0.05, 0.1) is 0 Å². The van der Waals surface area contributed by atoms with Crippen molar-refractivity contribution in [2.45, 2.75) is 24.8 Å². The summed E-state index contributed by atoms with van der Waals surface area (Å²) in [5, 5.41) is 3.03. The van der Waals surface area contributed by atoms with Gasteiger partial charge >= 0.3 is 0 Å². The fourth-order valence-corrected chi connectivity index (χ4v) is 2.83. The van der Waals surface area contributed by atoms with Crippen LogP contribution in [0.2, 0.25) is 0 Å². The summed E-state index contributed by atoms with van der Waals surface area (Å²) in [5.41, 5.74) is 2.22. The van der Waals surface area contributed by atoms with E-state index in [-0.39, 0.29) is 23.7 Å². The van der Waals surface area contributed by atoms with Crippen LogP contribution in [0.5, 0.6) is 0 Å². The van der Waals surface area contributed by atoms with E-state index in [9.17, 15) is 9.18 Å². The van der Waals surface area contributed by atoms with E-state index in [0.717, 1.165) is 12.0 Å². The molecule has 2 aromatic rings. The number of benzene rings is 2. The highest BCUT2D eigenvalue weighted by molar-refractivity contribution is 5.80. The van der Waals surface area contributed by atoms with Crippen molar-refractivity contribution in [2.24, 2.45) is 0 Å². The first-order chi connectivity index (χ1) is 9.72. The minimum Gasteiger partial charge on any atom is -0.352 e. The Morgan fingerprint density at radius 2 is 1.75 bits per heavy atom. The molecule has 1 amide bonds. The number of rotatable bonds is 3. The number of hydrogen-bond donors (Lipinski definition) is 1. The molecule has 3 heteroatoms. The zero-order valence-corrected chi connectivity index (χ0v) is 11.1. The molecule has 1 fully saturated rings. The lowest BCUT2D eigenvalue weighted by atomic mass is 9.88. The SMILES string of the molecule is O=C1CC(c2ccc(F)cc2)C(Cc2ccccc2)N1. The van der Waals surface area contributed by atoms with Gasteiger partial charge in [-0.25, -0.2) is 4.39 Å². The first kappa shape index (κ1) is 12.9. The number of carbonyl (C=O) groups is 1. The number of halogens is 1. The van der Waals surface area contributed by atoms with Gasteiger partial charge in [-0.2, -0.15) is 0 Å². The smallest absolute Gasteiger partial charge is 0.220 e. The molecule has 0 bridgehead atoms. The summed E-state index contributed by atoms with van der Waals surface area (Å²) in [5.74, 6) is -0.0609. The van der Waals surface area contributed by atoms with Crippen LogP contribution < -0.4 is 5.32 Å². The Kier molecular flexibility index (Phi) is 3.50. The monoisotopic (exact) mass is 269 g/mol. The largest absolute Gasteiger partial charge is 0.352 e. The fourth-order valence-electron chi connectivity index (χ4n) is 2.83. The Morgan fingerprint density at radius 3 is 2.45 bits per heavy atom. The van der Waals surface area contributed by atoms with Gasteiger partial charge in [-0.15, -0.1) is 0 Å². The summed E-state index contributed by atoms with van der Waals surface area (Å²) in [6.45, 7) is 0. The third-order valence-electron chi connectivity index (χ3n) is 3.83. The average Bonchev–Trinajstić information content (AvgIpc) is 2.81. The second kappa shape index (κ2) is 5.45.